The van der Waals surface area contributed by atoms with Crippen molar-refractivity contribution in [3.8, 4) is 0 Å². The Hall–Kier alpha value is -3.14. The van der Waals surface area contributed by atoms with Gasteiger partial charge in [-0.15, -0.1) is 0 Å². The van der Waals surface area contributed by atoms with Crippen LogP contribution in [0, 0.1) is 11.8 Å². The minimum atomic E-state index is -0.0517. The van der Waals surface area contributed by atoms with Crippen LogP contribution in [0.2, 0.25) is 0 Å². The Morgan fingerprint density at radius 2 is 0.904 bits per heavy atom. The molecule has 8 rings (SSSR count). The van der Waals surface area contributed by atoms with Gasteiger partial charge in [0, 0.05) is 62.4 Å². The summed E-state index contributed by atoms with van der Waals surface area (Å²) in [6.45, 7) is 5.11. The number of hydrogen-bond donors (Lipinski definition) is 4. The highest BCUT2D eigenvalue weighted by Crippen LogP contribution is 2.54. The van der Waals surface area contributed by atoms with Crippen molar-refractivity contribution in [3.05, 3.63) is 70.8 Å². The Kier molecular flexibility index (Phi) is 11.4. The fraction of sp³-hybridized carbons (Fsp3) is 0.674. The first-order valence-electron chi connectivity index (χ1n) is 21.0. The number of carbonyl (C=O) groups excluding carboxylic acids is 2. The summed E-state index contributed by atoms with van der Waals surface area (Å²) in [5.41, 5.74) is 6.31. The number of hydrogen-bond acceptors (Lipinski definition) is 5. The molecule has 4 bridgehead atoms. The Labute approximate surface area is 312 Å². The maximum atomic E-state index is 12.6. The van der Waals surface area contributed by atoms with Gasteiger partial charge in [0.2, 0.25) is 0 Å². The molecule has 0 unspecified atom stereocenters. The summed E-state index contributed by atoms with van der Waals surface area (Å²) in [6, 6.07) is 21.2. The van der Waals surface area contributed by atoms with E-state index in [1.807, 2.05) is 7.05 Å². The number of carbonyl (C=O) groups is 2. The summed E-state index contributed by atoms with van der Waals surface area (Å²) in [4.78, 5) is 33.0. The molecule has 9 nitrogen and oxygen atoms in total. The Bertz CT molecular complexity index is 1340. The van der Waals surface area contributed by atoms with Gasteiger partial charge in [-0.25, -0.2) is 9.59 Å². The number of amides is 4. The summed E-state index contributed by atoms with van der Waals surface area (Å²) < 4.78 is 0. The second-order valence-electron chi connectivity index (χ2n) is 17.1. The summed E-state index contributed by atoms with van der Waals surface area (Å²) in [5.74, 6) is 1.54. The standard InChI is InChI=1S/C43H63N7O2/c1-48(28-24-44-42(51)46-32-14-10-30(11-15-32)22-26-49-38-18-19-39(49)35-7-3-2-6-34(35)38)29-25-45-43(52)47-33-16-12-31(13-17-33)23-27-50-40-20-21-41(50)37-9-5-4-8-36(37)40/h2-9,30-33,38-41H,10-29H2,1H3,(H2,44,46,51)(H2,45,47,52)/t30?,31?,32?,33?,38-,39+,40-,41+. The second-order valence-corrected chi connectivity index (χ2v) is 17.1. The van der Waals surface area contributed by atoms with E-state index < -0.39 is 0 Å². The number of fused-ring (bicyclic) bond motifs is 10. The molecule has 52 heavy (non-hydrogen) atoms. The second kappa shape index (κ2) is 16.5. The molecule has 4 heterocycles. The van der Waals surface area contributed by atoms with Gasteiger partial charge in [0.1, 0.15) is 0 Å². The fourth-order valence-electron chi connectivity index (χ4n) is 11.1. The third-order valence-electron chi connectivity index (χ3n) is 14.0. The average molecular weight is 710 g/mol. The molecular formula is C43H63N7O2. The topological polar surface area (TPSA) is 92.0 Å². The van der Waals surface area contributed by atoms with Crippen molar-refractivity contribution < 1.29 is 9.59 Å². The van der Waals surface area contributed by atoms with Gasteiger partial charge >= 0.3 is 12.1 Å². The third kappa shape index (κ3) is 8.02. The van der Waals surface area contributed by atoms with E-state index in [2.05, 4.69) is 84.5 Å². The summed E-state index contributed by atoms with van der Waals surface area (Å²) in [6.07, 6.45) is 17.0. The average Bonchev–Trinajstić information content (AvgIpc) is 3.92. The minimum Gasteiger partial charge on any atom is -0.337 e. The largest absolute Gasteiger partial charge is 0.337 e. The third-order valence-corrected chi connectivity index (χ3v) is 14.0. The molecule has 2 aromatic carbocycles. The van der Waals surface area contributed by atoms with E-state index in [-0.39, 0.29) is 24.1 Å². The van der Waals surface area contributed by atoms with Crippen LogP contribution in [0.5, 0.6) is 0 Å². The van der Waals surface area contributed by atoms with Crippen LogP contribution >= 0.6 is 0 Å². The predicted molar refractivity (Wildman–Crippen MR) is 207 cm³/mol. The van der Waals surface area contributed by atoms with Crippen LogP contribution in [0.1, 0.15) is 136 Å². The molecule has 2 saturated heterocycles. The van der Waals surface area contributed by atoms with Crippen molar-refractivity contribution in [2.24, 2.45) is 11.8 Å². The van der Waals surface area contributed by atoms with E-state index in [1.165, 1.54) is 77.3 Å². The number of benzene rings is 2. The maximum absolute atomic E-state index is 12.6. The fourth-order valence-corrected chi connectivity index (χ4v) is 11.1. The highest BCUT2D eigenvalue weighted by molar-refractivity contribution is 5.74. The molecule has 0 radical (unpaired) electrons. The van der Waals surface area contributed by atoms with Crippen molar-refractivity contribution in [2.75, 3.05) is 46.3 Å². The first-order valence-corrected chi connectivity index (χ1v) is 21.0. The molecule has 4 aliphatic heterocycles. The zero-order valence-electron chi connectivity index (χ0n) is 31.5. The first-order chi connectivity index (χ1) is 25.5. The number of nitrogens with one attached hydrogen (secondary N) is 4. The van der Waals surface area contributed by atoms with Crippen LogP contribution in [-0.2, 0) is 0 Å². The van der Waals surface area contributed by atoms with Crippen LogP contribution < -0.4 is 21.3 Å². The molecule has 2 aliphatic carbocycles. The van der Waals surface area contributed by atoms with Gasteiger partial charge in [-0.2, -0.15) is 0 Å². The molecule has 0 aromatic heterocycles. The number of likely N-dealkylation sites (N-methyl/N-ethyl adjacent to an activating group) is 1. The maximum Gasteiger partial charge on any atom is 0.315 e. The molecule has 4 fully saturated rings. The van der Waals surface area contributed by atoms with Gasteiger partial charge in [0.15, 0.2) is 0 Å². The first kappa shape index (κ1) is 35.9. The molecule has 2 aromatic rings. The molecule has 2 saturated carbocycles. The lowest BCUT2D eigenvalue weighted by Crippen LogP contribution is -2.47. The van der Waals surface area contributed by atoms with Crippen molar-refractivity contribution in [1.82, 2.24) is 36.0 Å². The lowest BCUT2D eigenvalue weighted by Gasteiger charge is -2.31. The van der Waals surface area contributed by atoms with Gasteiger partial charge < -0.3 is 26.2 Å². The Morgan fingerprint density at radius 1 is 0.558 bits per heavy atom. The van der Waals surface area contributed by atoms with Crippen LogP contribution in [0.15, 0.2) is 48.5 Å². The Morgan fingerprint density at radius 3 is 1.25 bits per heavy atom. The lowest BCUT2D eigenvalue weighted by atomic mass is 9.84. The van der Waals surface area contributed by atoms with Crippen LogP contribution in [0.25, 0.3) is 0 Å². The summed E-state index contributed by atoms with van der Waals surface area (Å²) in [5, 5.41) is 12.6. The molecular weight excluding hydrogens is 647 g/mol. The van der Waals surface area contributed by atoms with Crippen molar-refractivity contribution in [3.63, 3.8) is 0 Å². The monoisotopic (exact) mass is 710 g/mol. The van der Waals surface area contributed by atoms with E-state index in [0.29, 0.717) is 37.3 Å². The van der Waals surface area contributed by atoms with Gasteiger partial charge in [-0.05, 0) is 144 Å². The molecule has 4 amide bonds. The van der Waals surface area contributed by atoms with E-state index in [0.717, 1.165) is 50.6 Å². The number of urea groups is 2. The smallest absolute Gasteiger partial charge is 0.315 e. The van der Waals surface area contributed by atoms with Crippen molar-refractivity contribution >= 4 is 12.1 Å². The quantitative estimate of drug-likeness (QED) is 0.167. The molecule has 9 heteroatoms. The van der Waals surface area contributed by atoms with Crippen molar-refractivity contribution in [1.29, 1.82) is 0 Å². The zero-order valence-corrected chi connectivity index (χ0v) is 31.5. The van der Waals surface area contributed by atoms with E-state index in [4.69, 9.17) is 0 Å². The molecule has 4 atom stereocenters. The summed E-state index contributed by atoms with van der Waals surface area (Å²) in [7, 11) is 2.04. The number of rotatable bonds is 14. The molecule has 0 spiro atoms. The van der Waals surface area contributed by atoms with Gasteiger partial charge in [0.05, 0.1) is 0 Å². The molecule has 4 N–H and O–H groups in total. The van der Waals surface area contributed by atoms with Crippen LogP contribution in [-0.4, -0.2) is 85.2 Å². The SMILES string of the molecule is CN(CCNC(=O)NC1CCC(CCN2[C@@H]3CC[C@H]2c2ccccc23)CC1)CCNC(=O)NC1CCC(CCN2[C@@H]3CC[C@H]2c2ccccc23)CC1. The van der Waals surface area contributed by atoms with Crippen LogP contribution in [0.4, 0.5) is 9.59 Å². The summed E-state index contributed by atoms with van der Waals surface area (Å²) >= 11 is 0. The Balaban J connectivity index is 0.631. The predicted octanol–water partition coefficient (Wildman–Crippen LogP) is 7.20. The highest BCUT2D eigenvalue weighted by Gasteiger charge is 2.44. The lowest BCUT2D eigenvalue weighted by molar-refractivity contribution is 0.185. The van der Waals surface area contributed by atoms with Crippen LogP contribution in [0.3, 0.4) is 0 Å². The normalized spacial score (nSPS) is 30.7. The van der Waals surface area contributed by atoms with Gasteiger partial charge in [-0.1, -0.05) is 48.5 Å². The molecule has 282 valence electrons. The zero-order chi connectivity index (χ0) is 35.4. The highest BCUT2D eigenvalue weighted by atomic mass is 16.2. The van der Waals surface area contributed by atoms with Gasteiger partial charge in [0.25, 0.3) is 0 Å². The van der Waals surface area contributed by atoms with Crippen molar-refractivity contribution in [2.45, 2.75) is 126 Å². The van der Waals surface area contributed by atoms with E-state index in [1.54, 1.807) is 22.3 Å². The van der Waals surface area contributed by atoms with Gasteiger partial charge in [-0.3, -0.25) is 9.80 Å². The van der Waals surface area contributed by atoms with E-state index >= 15 is 0 Å². The van der Waals surface area contributed by atoms with E-state index in [9.17, 15) is 9.59 Å². The molecule has 6 aliphatic rings. The number of nitrogens with zero attached hydrogens (tertiary/aromatic N) is 3. The minimum absolute atomic E-state index is 0.0517.